The van der Waals surface area contributed by atoms with E-state index in [9.17, 15) is 5.11 Å². The van der Waals surface area contributed by atoms with Crippen molar-refractivity contribution in [3.8, 4) is 0 Å². The summed E-state index contributed by atoms with van der Waals surface area (Å²) in [5.74, 6) is 0. The number of benzene rings is 1. The monoisotopic (exact) mass is 340 g/mol. The molecule has 0 bridgehead atoms. The van der Waals surface area contributed by atoms with Crippen molar-refractivity contribution in [2.24, 2.45) is 0 Å². The number of aliphatic hydroxyl groups excluding tert-OH is 1. The highest BCUT2D eigenvalue weighted by molar-refractivity contribution is 6.74. The van der Waals surface area contributed by atoms with E-state index in [1.165, 1.54) is 0 Å². The van der Waals surface area contributed by atoms with Crippen LogP contribution in [0.25, 0.3) is 0 Å². The second kappa shape index (κ2) is 7.78. The van der Waals surface area contributed by atoms with Gasteiger partial charge in [0.2, 0.25) is 0 Å². The number of hydrogen-bond acceptors (Lipinski definition) is 2. The van der Waals surface area contributed by atoms with E-state index in [-0.39, 0.29) is 10.4 Å². The first-order valence-corrected chi connectivity index (χ1v) is 11.1. The predicted octanol–water partition coefficient (Wildman–Crippen LogP) is 5.29. The zero-order chi connectivity index (χ0) is 17.0. The van der Waals surface area contributed by atoms with Crippen molar-refractivity contribution in [2.75, 3.05) is 0 Å². The van der Waals surface area contributed by atoms with Crippen molar-refractivity contribution in [3.05, 3.63) is 48.6 Å². The van der Waals surface area contributed by atoms with Crippen molar-refractivity contribution in [2.45, 2.75) is 62.9 Å². The third-order valence-corrected chi connectivity index (χ3v) is 9.40. The number of alkyl halides is 1. The van der Waals surface area contributed by atoms with Crippen molar-refractivity contribution in [1.29, 1.82) is 0 Å². The largest absolute Gasteiger partial charge is 0.409 e. The van der Waals surface area contributed by atoms with E-state index >= 15 is 0 Å². The Hall–Kier alpha value is -0.613. The van der Waals surface area contributed by atoms with Gasteiger partial charge in [-0.15, -0.1) is 18.2 Å². The van der Waals surface area contributed by atoms with Crippen LogP contribution in [-0.4, -0.2) is 25.6 Å². The lowest BCUT2D eigenvalue weighted by Crippen LogP contribution is -2.48. The van der Waals surface area contributed by atoms with Crippen LogP contribution in [0.2, 0.25) is 18.1 Å². The molecule has 0 aromatic heterocycles. The molecule has 3 atom stereocenters. The summed E-state index contributed by atoms with van der Waals surface area (Å²) in [7, 11) is -2.03. The van der Waals surface area contributed by atoms with Gasteiger partial charge in [-0.1, -0.05) is 57.2 Å². The van der Waals surface area contributed by atoms with Gasteiger partial charge in [-0.3, -0.25) is 0 Å². The summed E-state index contributed by atoms with van der Waals surface area (Å²) in [5, 5.41) is 10.2. The van der Waals surface area contributed by atoms with Gasteiger partial charge in [-0.25, -0.2) is 0 Å². The first-order chi connectivity index (χ1) is 10.1. The fraction of sp³-hybridized carbons (Fsp3) is 0.556. The number of aliphatic hydroxyl groups is 1. The maximum Gasteiger partial charge on any atom is 0.192 e. The Kier molecular flexibility index (Phi) is 6.87. The molecule has 1 rings (SSSR count). The Bertz CT molecular complexity index is 468. The van der Waals surface area contributed by atoms with Crippen LogP contribution in [0, 0.1) is 0 Å². The second-order valence-electron chi connectivity index (χ2n) is 7.25. The molecule has 124 valence electrons. The fourth-order valence-corrected chi connectivity index (χ4v) is 3.76. The molecule has 2 nitrogen and oxygen atoms in total. The van der Waals surface area contributed by atoms with Crippen LogP contribution in [0.4, 0.5) is 0 Å². The molecule has 1 N–H and O–H groups in total. The molecule has 4 heteroatoms. The first kappa shape index (κ1) is 19.4. The third kappa shape index (κ3) is 4.95. The topological polar surface area (TPSA) is 29.5 Å². The quantitative estimate of drug-likeness (QED) is 0.415. The van der Waals surface area contributed by atoms with Gasteiger partial charge in [0.1, 0.15) is 0 Å². The molecule has 0 fully saturated rings. The minimum absolute atomic E-state index is 0.0620. The van der Waals surface area contributed by atoms with Gasteiger partial charge in [0.05, 0.1) is 17.6 Å². The van der Waals surface area contributed by atoms with Gasteiger partial charge in [-0.05, 0) is 30.1 Å². The SMILES string of the molecule is C=CC[C@@H](O)[C@@H](O[Si](C)(C)C(C)(C)C)[C@@H](Cl)c1ccccc1. The molecule has 0 spiro atoms. The standard InChI is InChI=1S/C18H29ClO2Si/c1-7-11-15(20)17(21-22(5,6)18(2,3)4)16(19)14-12-9-8-10-13-14/h7-10,12-13,15-17,20H,1,11H2,2-6H3/t15-,16+,17-/m1/s1. The summed E-state index contributed by atoms with van der Waals surface area (Å²) in [6.07, 6.45) is 1.08. The summed E-state index contributed by atoms with van der Waals surface area (Å²) in [4.78, 5) is 0. The molecule has 0 saturated heterocycles. The summed E-state index contributed by atoms with van der Waals surface area (Å²) in [5.41, 5.74) is 0.969. The first-order valence-electron chi connectivity index (χ1n) is 7.76. The van der Waals surface area contributed by atoms with Crippen LogP contribution in [0.5, 0.6) is 0 Å². The highest BCUT2D eigenvalue weighted by Gasteiger charge is 2.42. The summed E-state index contributed by atoms with van der Waals surface area (Å²) < 4.78 is 6.44. The molecular formula is C18H29ClO2Si. The molecule has 0 aliphatic rings. The Labute approximate surface area is 141 Å². The molecule has 0 aliphatic heterocycles. The number of halogens is 1. The highest BCUT2D eigenvalue weighted by atomic mass is 35.5. The molecule has 0 aliphatic carbocycles. The minimum atomic E-state index is -2.03. The number of hydrogen-bond donors (Lipinski definition) is 1. The lowest BCUT2D eigenvalue weighted by Gasteiger charge is -2.41. The lowest BCUT2D eigenvalue weighted by atomic mass is 10.0. The average Bonchev–Trinajstić information content (AvgIpc) is 2.44. The molecule has 0 radical (unpaired) electrons. The molecule has 0 unspecified atom stereocenters. The van der Waals surface area contributed by atoms with Gasteiger partial charge in [0.25, 0.3) is 0 Å². The van der Waals surface area contributed by atoms with E-state index in [2.05, 4.69) is 40.4 Å². The van der Waals surface area contributed by atoms with Crippen molar-refractivity contribution in [3.63, 3.8) is 0 Å². The van der Waals surface area contributed by atoms with Gasteiger partial charge < -0.3 is 9.53 Å². The average molecular weight is 341 g/mol. The minimum Gasteiger partial charge on any atom is -0.409 e. The van der Waals surface area contributed by atoms with Crippen LogP contribution in [0.1, 0.15) is 38.1 Å². The Balaban J connectivity index is 3.06. The van der Waals surface area contributed by atoms with Crippen molar-refractivity contribution in [1.82, 2.24) is 0 Å². The second-order valence-corrected chi connectivity index (χ2v) is 12.5. The maximum atomic E-state index is 10.5. The van der Waals surface area contributed by atoms with E-state index in [1.807, 2.05) is 30.3 Å². The highest BCUT2D eigenvalue weighted by Crippen LogP contribution is 2.40. The van der Waals surface area contributed by atoms with E-state index in [0.29, 0.717) is 6.42 Å². The summed E-state index contributed by atoms with van der Waals surface area (Å²) in [6, 6.07) is 9.81. The smallest absolute Gasteiger partial charge is 0.192 e. The van der Waals surface area contributed by atoms with Gasteiger partial charge in [-0.2, -0.15) is 0 Å². The molecule has 0 heterocycles. The van der Waals surface area contributed by atoms with Gasteiger partial charge in [0.15, 0.2) is 8.32 Å². The lowest BCUT2D eigenvalue weighted by molar-refractivity contribution is 0.0269. The normalized spacial score (nSPS) is 16.9. The predicted molar refractivity (Wildman–Crippen MR) is 97.9 cm³/mol. The Morgan fingerprint density at radius 1 is 1.27 bits per heavy atom. The zero-order valence-corrected chi connectivity index (χ0v) is 16.1. The number of rotatable bonds is 7. The molecular weight excluding hydrogens is 312 g/mol. The van der Waals surface area contributed by atoms with Crippen LogP contribution in [-0.2, 0) is 4.43 Å². The van der Waals surface area contributed by atoms with Crippen LogP contribution >= 0.6 is 11.6 Å². The van der Waals surface area contributed by atoms with Gasteiger partial charge >= 0.3 is 0 Å². The van der Waals surface area contributed by atoms with E-state index in [0.717, 1.165) is 5.56 Å². The van der Waals surface area contributed by atoms with Crippen molar-refractivity contribution < 1.29 is 9.53 Å². The fourth-order valence-electron chi connectivity index (χ4n) is 1.98. The summed E-state index contributed by atoms with van der Waals surface area (Å²) in [6.45, 7) is 14.6. The van der Waals surface area contributed by atoms with E-state index < -0.39 is 20.5 Å². The third-order valence-electron chi connectivity index (χ3n) is 4.43. The summed E-state index contributed by atoms with van der Waals surface area (Å²) >= 11 is 6.66. The van der Waals surface area contributed by atoms with Crippen LogP contribution in [0.15, 0.2) is 43.0 Å². The molecule has 1 aromatic carbocycles. The zero-order valence-electron chi connectivity index (χ0n) is 14.3. The molecule has 0 saturated carbocycles. The maximum absolute atomic E-state index is 10.5. The van der Waals surface area contributed by atoms with Crippen LogP contribution in [0.3, 0.4) is 0 Å². The molecule has 0 amide bonds. The van der Waals surface area contributed by atoms with E-state index in [1.54, 1.807) is 6.08 Å². The Morgan fingerprint density at radius 3 is 2.27 bits per heavy atom. The van der Waals surface area contributed by atoms with Crippen LogP contribution < -0.4 is 0 Å². The van der Waals surface area contributed by atoms with Crippen molar-refractivity contribution >= 4 is 19.9 Å². The van der Waals surface area contributed by atoms with E-state index in [4.69, 9.17) is 16.0 Å². The Morgan fingerprint density at radius 2 is 1.82 bits per heavy atom. The molecule has 22 heavy (non-hydrogen) atoms. The van der Waals surface area contributed by atoms with Gasteiger partial charge in [0, 0.05) is 0 Å². The molecule has 1 aromatic rings.